The van der Waals surface area contributed by atoms with Crippen molar-refractivity contribution in [3.05, 3.63) is 95.0 Å². The minimum absolute atomic E-state index is 0.265. The van der Waals surface area contributed by atoms with Gasteiger partial charge in [-0.25, -0.2) is 9.96 Å². The van der Waals surface area contributed by atoms with Crippen LogP contribution in [0, 0.1) is 12.8 Å². The molecule has 2 fully saturated rings. The Morgan fingerprint density at radius 3 is 2.30 bits per heavy atom. The molecule has 2 saturated heterocycles. The number of imide groups is 1. The molecule has 5 nitrogen and oxygen atoms in total. The summed E-state index contributed by atoms with van der Waals surface area (Å²) in [6, 6.07) is 23.7. The molecule has 6 heteroatoms. The van der Waals surface area contributed by atoms with Gasteiger partial charge in [-0.3, -0.25) is 14.4 Å². The molecule has 0 bridgehead atoms. The van der Waals surface area contributed by atoms with Crippen molar-refractivity contribution >= 4 is 34.8 Å². The highest BCUT2D eigenvalue weighted by Crippen LogP contribution is 2.47. The van der Waals surface area contributed by atoms with Gasteiger partial charge >= 0.3 is 0 Å². The molecule has 2 aliphatic heterocycles. The van der Waals surface area contributed by atoms with Crippen LogP contribution in [0.1, 0.15) is 17.2 Å². The van der Waals surface area contributed by atoms with E-state index < -0.39 is 18.1 Å². The number of hydroxylamine groups is 1. The maximum Gasteiger partial charge on any atom is 0.266 e. The second kappa shape index (κ2) is 7.27. The summed E-state index contributed by atoms with van der Waals surface area (Å²) in [5, 5.41) is 2.24. The average molecular weight is 419 g/mol. The van der Waals surface area contributed by atoms with E-state index in [0.29, 0.717) is 10.7 Å². The van der Waals surface area contributed by atoms with Crippen LogP contribution in [-0.2, 0) is 14.4 Å². The normalized spacial score (nSPS) is 23.2. The fourth-order valence-corrected chi connectivity index (χ4v) is 4.46. The first kappa shape index (κ1) is 18.9. The lowest BCUT2D eigenvalue weighted by molar-refractivity contribution is -0.126. The minimum atomic E-state index is -0.887. The van der Waals surface area contributed by atoms with E-state index in [4.69, 9.17) is 16.4 Å². The van der Waals surface area contributed by atoms with Crippen molar-refractivity contribution in [3.63, 3.8) is 0 Å². The smallest absolute Gasteiger partial charge is 0.266 e. The summed E-state index contributed by atoms with van der Waals surface area (Å²) in [4.78, 5) is 34.2. The molecule has 0 aromatic heterocycles. The third-order valence-electron chi connectivity index (χ3n) is 5.58. The Balaban J connectivity index is 1.60. The number of carbonyl (C=O) groups excluding carboxylic acids is 2. The van der Waals surface area contributed by atoms with Crippen molar-refractivity contribution in [1.29, 1.82) is 0 Å². The van der Waals surface area contributed by atoms with Gasteiger partial charge in [-0.15, -0.1) is 0 Å². The summed E-state index contributed by atoms with van der Waals surface area (Å²) in [5.41, 5.74) is 3.15. The molecule has 2 aliphatic rings. The van der Waals surface area contributed by atoms with Gasteiger partial charge in [0.05, 0.1) is 17.4 Å². The third-order valence-corrected chi connectivity index (χ3v) is 5.81. The minimum Gasteiger partial charge on any atom is -0.273 e. The third kappa shape index (κ3) is 2.98. The summed E-state index contributed by atoms with van der Waals surface area (Å²) >= 11 is 6.25. The molecule has 0 spiro atoms. The van der Waals surface area contributed by atoms with Gasteiger partial charge in [-0.2, -0.15) is 0 Å². The van der Waals surface area contributed by atoms with Crippen LogP contribution < -0.4 is 9.96 Å². The Morgan fingerprint density at radius 1 is 0.833 bits per heavy atom. The highest BCUT2D eigenvalue weighted by molar-refractivity contribution is 6.30. The summed E-state index contributed by atoms with van der Waals surface area (Å²) in [6.07, 6.45) is -0.887. The van der Waals surface area contributed by atoms with Crippen molar-refractivity contribution in [2.24, 2.45) is 5.92 Å². The monoisotopic (exact) mass is 418 g/mol. The number of benzene rings is 3. The Morgan fingerprint density at radius 2 is 1.57 bits per heavy atom. The SMILES string of the molecule is Cc1cccc(N2C(=O)[C@H]3[C@H](ON(c4ccccc4)[C@H]3c3cccc(Cl)c3)C2=O)c1. The van der Waals surface area contributed by atoms with E-state index >= 15 is 0 Å². The van der Waals surface area contributed by atoms with Gasteiger partial charge < -0.3 is 0 Å². The summed E-state index contributed by atoms with van der Waals surface area (Å²) < 4.78 is 0. The van der Waals surface area contributed by atoms with Crippen LogP contribution in [0.3, 0.4) is 0 Å². The molecule has 3 aromatic carbocycles. The molecule has 150 valence electrons. The lowest BCUT2D eigenvalue weighted by atomic mass is 9.90. The number of anilines is 2. The predicted molar refractivity (Wildman–Crippen MR) is 115 cm³/mol. The molecule has 0 aliphatic carbocycles. The zero-order valence-electron chi connectivity index (χ0n) is 16.2. The molecule has 0 radical (unpaired) electrons. The van der Waals surface area contributed by atoms with Gasteiger partial charge in [0.25, 0.3) is 5.91 Å². The number of hydrogen-bond donors (Lipinski definition) is 0. The zero-order valence-corrected chi connectivity index (χ0v) is 17.0. The van der Waals surface area contributed by atoms with E-state index in [1.165, 1.54) is 4.90 Å². The largest absolute Gasteiger partial charge is 0.273 e. The standard InChI is InChI=1S/C24H19ClN2O3/c1-15-7-5-12-19(13-15)26-23(28)20-21(16-8-6-9-17(25)14-16)27(30-22(20)24(26)29)18-10-3-2-4-11-18/h2-14,20-22H,1H3/t20-,21+,22+/m1/s1. The van der Waals surface area contributed by atoms with Gasteiger partial charge in [0.2, 0.25) is 5.91 Å². The number of aryl methyl sites for hydroxylation is 1. The van der Waals surface area contributed by atoms with Gasteiger partial charge in [0, 0.05) is 5.02 Å². The Labute approximate surface area is 179 Å². The van der Waals surface area contributed by atoms with Gasteiger partial charge in [-0.1, -0.05) is 54.1 Å². The van der Waals surface area contributed by atoms with E-state index in [-0.39, 0.29) is 11.8 Å². The molecule has 0 N–H and O–H groups in total. The quantitative estimate of drug-likeness (QED) is 0.578. The Kier molecular flexibility index (Phi) is 4.57. The summed E-state index contributed by atoms with van der Waals surface area (Å²) in [6.45, 7) is 1.93. The van der Waals surface area contributed by atoms with Crippen LogP contribution in [0.5, 0.6) is 0 Å². The van der Waals surface area contributed by atoms with Gasteiger partial charge in [0.1, 0.15) is 5.92 Å². The molecule has 3 aromatic rings. The van der Waals surface area contributed by atoms with E-state index in [9.17, 15) is 9.59 Å². The fraction of sp³-hybridized carbons (Fsp3) is 0.167. The average Bonchev–Trinajstić information content (AvgIpc) is 3.25. The van der Waals surface area contributed by atoms with Crippen molar-refractivity contribution < 1.29 is 14.4 Å². The second-order valence-electron chi connectivity index (χ2n) is 7.56. The van der Waals surface area contributed by atoms with Crippen LogP contribution in [0.4, 0.5) is 11.4 Å². The molecule has 3 atom stereocenters. The molecule has 0 saturated carbocycles. The number of amides is 2. The zero-order chi connectivity index (χ0) is 20.8. The van der Waals surface area contributed by atoms with Crippen LogP contribution >= 0.6 is 11.6 Å². The van der Waals surface area contributed by atoms with E-state index in [2.05, 4.69) is 0 Å². The number of fused-ring (bicyclic) bond motifs is 1. The second-order valence-corrected chi connectivity index (χ2v) is 8.00. The van der Waals surface area contributed by atoms with Crippen LogP contribution in [-0.4, -0.2) is 17.9 Å². The molecular weight excluding hydrogens is 400 g/mol. The first-order chi connectivity index (χ1) is 14.5. The van der Waals surface area contributed by atoms with Gasteiger partial charge in [0.15, 0.2) is 6.10 Å². The first-order valence-electron chi connectivity index (χ1n) is 9.75. The topological polar surface area (TPSA) is 49.9 Å². The number of carbonyl (C=O) groups is 2. The number of para-hydroxylation sites is 1. The van der Waals surface area contributed by atoms with Crippen molar-refractivity contribution in [2.45, 2.75) is 19.1 Å². The van der Waals surface area contributed by atoms with Gasteiger partial charge in [-0.05, 0) is 54.4 Å². The number of nitrogens with zero attached hydrogens (tertiary/aromatic N) is 2. The number of hydrogen-bond acceptors (Lipinski definition) is 4. The number of rotatable bonds is 3. The molecule has 2 heterocycles. The number of halogens is 1. The van der Waals surface area contributed by atoms with Crippen molar-refractivity contribution in [3.8, 4) is 0 Å². The summed E-state index contributed by atoms with van der Waals surface area (Å²) in [7, 11) is 0. The highest BCUT2D eigenvalue weighted by atomic mass is 35.5. The Bertz CT molecular complexity index is 1130. The van der Waals surface area contributed by atoms with Crippen LogP contribution in [0.2, 0.25) is 5.02 Å². The molecule has 2 amide bonds. The maximum atomic E-state index is 13.5. The van der Waals surface area contributed by atoms with E-state index in [1.807, 2.05) is 73.7 Å². The van der Waals surface area contributed by atoms with Crippen molar-refractivity contribution in [2.75, 3.05) is 9.96 Å². The van der Waals surface area contributed by atoms with E-state index in [1.54, 1.807) is 17.2 Å². The van der Waals surface area contributed by atoms with Crippen molar-refractivity contribution in [1.82, 2.24) is 0 Å². The lowest BCUT2D eigenvalue weighted by Crippen LogP contribution is -2.37. The molecular formula is C24H19ClN2O3. The fourth-order valence-electron chi connectivity index (χ4n) is 4.26. The highest BCUT2D eigenvalue weighted by Gasteiger charge is 2.60. The molecule has 30 heavy (non-hydrogen) atoms. The maximum absolute atomic E-state index is 13.5. The molecule has 0 unspecified atom stereocenters. The lowest BCUT2D eigenvalue weighted by Gasteiger charge is -2.28. The Hall–Kier alpha value is -3.15. The summed E-state index contributed by atoms with van der Waals surface area (Å²) in [5.74, 6) is -1.28. The predicted octanol–water partition coefficient (Wildman–Crippen LogP) is 4.70. The van der Waals surface area contributed by atoms with E-state index in [0.717, 1.165) is 16.8 Å². The first-order valence-corrected chi connectivity index (χ1v) is 10.1. The van der Waals surface area contributed by atoms with Crippen LogP contribution in [0.15, 0.2) is 78.9 Å². The van der Waals surface area contributed by atoms with Crippen LogP contribution in [0.25, 0.3) is 0 Å². The molecule has 5 rings (SSSR count).